The Morgan fingerprint density at radius 2 is 1.00 bits per heavy atom. The monoisotopic (exact) mass is 206 g/mol. The summed E-state index contributed by atoms with van der Waals surface area (Å²) in [5.41, 5.74) is 3.80. The lowest BCUT2D eigenvalue weighted by atomic mass is 9.74. The molecule has 0 saturated carbocycles. The van der Waals surface area contributed by atoms with Crippen LogP contribution < -0.4 is 0 Å². The minimum absolute atomic E-state index is 0.227. The Hall–Kier alpha value is -0.520. The van der Waals surface area contributed by atoms with Crippen LogP contribution in [0.3, 0.4) is 0 Å². The van der Waals surface area contributed by atoms with Crippen molar-refractivity contribution in [3.8, 4) is 0 Å². The van der Waals surface area contributed by atoms with E-state index in [1.807, 2.05) is 0 Å². The maximum absolute atomic E-state index is 2.44. The Kier molecular flexibility index (Phi) is 2.71. The Labute approximate surface area is 95.5 Å². The molecule has 0 aromatic rings. The number of allylic oxidation sites excluding steroid dienone is 4. The van der Waals surface area contributed by atoms with Gasteiger partial charge < -0.3 is 0 Å². The minimum Gasteiger partial charge on any atom is -0.0710 e. The van der Waals surface area contributed by atoms with Crippen LogP contribution in [0.1, 0.15) is 55.4 Å². The molecule has 0 aliphatic heterocycles. The molecule has 0 fully saturated rings. The lowest BCUT2D eigenvalue weighted by Gasteiger charge is -2.31. The summed E-state index contributed by atoms with van der Waals surface area (Å²) in [5.74, 6) is 0. The van der Waals surface area contributed by atoms with Gasteiger partial charge in [-0.05, 0) is 22.0 Å². The zero-order valence-electron chi connectivity index (χ0n) is 11.7. The second-order valence-electron chi connectivity index (χ2n) is 7.44. The third kappa shape index (κ3) is 2.74. The van der Waals surface area contributed by atoms with Gasteiger partial charge in [0.2, 0.25) is 0 Å². The largest absolute Gasteiger partial charge is 0.0710 e. The molecular formula is C15H26. The Morgan fingerprint density at radius 1 is 0.733 bits per heavy atom. The van der Waals surface area contributed by atoms with Gasteiger partial charge in [-0.25, -0.2) is 0 Å². The second kappa shape index (κ2) is 3.23. The van der Waals surface area contributed by atoms with Crippen LogP contribution >= 0.6 is 0 Å². The lowest BCUT2D eigenvalue weighted by molar-refractivity contribution is 0.449. The highest BCUT2D eigenvalue weighted by molar-refractivity contribution is 5.47. The summed E-state index contributed by atoms with van der Waals surface area (Å²) in [4.78, 5) is 0. The molecule has 0 nitrogen and oxygen atoms in total. The Morgan fingerprint density at radius 3 is 1.20 bits per heavy atom. The molecule has 0 radical (unpaired) electrons. The van der Waals surface area contributed by atoms with Crippen LogP contribution in [0.4, 0.5) is 0 Å². The highest BCUT2D eigenvalue weighted by Gasteiger charge is 2.35. The molecule has 86 valence electrons. The van der Waals surface area contributed by atoms with Gasteiger partial charge in [-0.15, -0.1) is 0 Å². The van der Waals surface area contributed by atoms with Gasteiger partial charge in [0.1, 0.15) is 0 Å². The summed E-state index contributed by atoms with van der Waals surface area (Å²) >= 11 is 0. The van der Waals surface area contributed by atoms with Crippen LogP contribution in [0.25, 0.3) is 0 Å². The molecule has 1 aliphatic rings. The van der Waals surface area contributed by atoms with E-state index >= 15 is 0 Å². The van der Waals surface area contributed by atoms with Crippen molar-refractivity contribution >= 4 is 0 Å². The smallest absolute Gasteiger partial charge is 0.00166 e. The normalized spacial score (nSPS) is 21.3. The second-order valence-corrected chi connectivity index (χ2v) is 7.44. The third-order valence-corrected chi connectivity index (χ3v) is 2.94. The van der Waals surface area contributed by atoms with E-state index in [2.05, 4.69) is 67.5 Å². The Bertz CT molecular complexity index is 279. The summed E-state index contributed by atoms with van der Waals surface area (Å²) in [6.45, 7) is 18.4. The predicted molar refractivity (Wildman–Crippen MR) is 68.9 cm³/mol. The molecular weight excluding hydrogens is 180 g/mol. The van der Waals surface area contributed by atoms with Crippen molar-refractivity contribution in [3.63, 3.8) is 0 Å². The maximum atomic E-state index is 2.44. The fraction of sp³-hybridized carbons (Fsp3) is 0.733. The molecule has 0 saturated heterocycles. The van der Waals surface area contributed by atoms with E-state index in [0.29, 0.717) is 0 Å². The molecule has 1 aliphatic carbocycles. The van der Waals surface area contributed by atoms with Crippen LogP contribution in [0, 0.1) is 16.2 Å². The van der Waals surface area contributed by atoms with Crippen LogP contribution in [0.5, 0.6) is 0 Å². The van der Waals surface area contributed by atoms with Gasteiger partial charge in [-0.1, -0.05) is 67.5 Å². The first-order chi connectivity index (χ1) is 6.43. The molecule has 0 aromatic carbocycles. The molecule has 0 spiro atoms. The zero-order valence-corrected chi connectivity index (χ0v) is 11.7. The fourth-order valence-electron chi connectivity index (χ4n) is 2.18. The van der Waals surface area contributed by atoms with Crippen molar-refractivity contribution in [1.29, 1.82) is 0 Å². The van der Waals surface area contributed by atoms with Gasteiger partial charge in [0.25, 0.3) is 0 Å². The van der Waals surface area contributed by atoms with Gasteiger partial charge in [-0.2, -0.15) is 0 Å². The zero-order chi connectivity index (χ0) is 12.1. The first-order valence-corrected chi connectivity index (χ1v) is 5.90. The molecule has 0 amide bonds. The standard InChI is InChI=1S/C15H26/c1-13(2,3)11-9-15(7,8)10-12(11)14(4,5)6/h9-10H,1-8H3. The summed E-state index contributed by atoms with van der Waals surface area (Å²) in [6.07, 6.45) is 4.88. The van der Waals surface area contributed by atoms with Crippen molar-refractivity contribution in [3.05, 3.63) is 23.3 Å². The molecule has 0 atom stereocenters. The maximum Gasteiger partial charge on any atom is 0.00166 e. The van der Waals surface area contributed by atoms with Gasteiger partial charge >= 0.3 is 0 Å². The van der Waals surface area contributed by atoms with E-state index in [0.717, 1.165) is 0 Å². The molecule has 1 rings (SSSR count). The number of rotatable bonds is 0. The van der Waals surface area contributed by atoms with Crippen molar-refractivity contribution in [2.45, 2.75) is 55.4 Å². The van der Waals surface area contributed by atoms with E-state index < -0.39 is 0 Å². The van der Waals surface area contributed by atoms with Crippen molar-refractivity contribution in [2.75, 3.05) is 0 Å². The molecule has 0 heteroatoms. The van der Waals surface area contributed by atoms with Crippen LogP contribution in [-0.4, -0.2) is 0 Å². The SMILES string of the molecule is CC1(C)C=C(C(C)(C)C)C(C(C)(C)C)=C1. The first kappa shape index (κ1) is 12.5. The molecule has 0 aromatic heterocycles. The van der Waals surface area contributed by atoms with Gasteiger partial charge in [0.05, 0.1) is 0 Å². The van der Waals surface area contributed by atoms with E-state index in [1.54, 1.807) is 0 Å². The van der Waals surface area contributed by atoms with Crippen molar-refractivity contribution in [2.24, 2.45) is 16.2 Å². The minimum atomic E-state index is 0.227. The number of hydrogen-bond acceptors (Lipinski definition) is 0. The average Bonchev–Trinajstić information content (AvgIpc) is 2.23. The van der Waals surface area contributed by atoms with E-state index in [9.17, 15) is 0 Å². The quantitative estimate of drug-likeness (QED) is 0.525. The predicted octanol–water partition coefficient (Wildman–Crippen LogP) is 4.97. The molecule has 15 heavy (non-hydrogen) atoms. The fourth-order valence-corrected chi connectivity index (χ4v) is 2.18. The first-order valence-electron chi connectivity index (χ1n) is 5.90. The number of hydrogen-bond donors (Lipinski definition) is 0. The summed E-state index contributed by atoms with van der Waals surface area (Å²) in [6, 6.07) is 0. The lowest BCUT2D eigenvalue weighted by Crippen LogP contribution is -2.18. The molecule has 0 bridgehead atoms. The van der Waals surface area contributed by atoms with Crippen LogP contribution in [0.2, 0.25) is 0 Å². The van der Waals surface area contributed by atoms with Crippen molar-refractivity contribution < 1.29 is 0 Å². The molecule has 0 unspecified atom stereocenters. The van der Waals surface area contributed by atoms with Crippen molar-refractivity contribution in [1.82, 2.24) is 0 Å². The van der Waals surface area contributed by atoms with Gasteiger partial charge in [0.15, 0.2) is 0 Å². The Balaban J connectivity index is 3.24. The summed E-state index contributed by atoms with van der Waals surface area (Å²) in [5, 5.41) is 0. The summed E-state index contributed by atoms with van der Waals surface area (Å²) in [7, 11) is 0. The topological polar surface area (TPSA) is 0 Å². The van der Waals surface area contributed by atoms with E-state index in [-0.39, 0.29) is 16.2 Å². The third-order valence-electron chi connectivity index (χ3n) is 2.94. The highest BCUT2D eigenvalue weighted by Crippen LogP contribution is 2.48. The van der Waals surface area contributed by atoms with E-state index in [4.69, 9.17) is 0 Å². The van der Waals surface area contributed by atoms with Crippen LogP contribution in [-0.2, 0) is 0 Å². The molecule has 0 heterocycles. The van der Waals surface area contributed by atoms with Gasteiger partial charge in [0, 0.05) is 5.41 Å². The summed E-state index contributed by atoms with van der Waals surface area (Å²) < 4.78 is 0. The van der Waals surface area contributed by atoms with E-state index in [1.165, 1.54) is 11.1 Å². The molecule has 0 N–H and O–H groups in total. The van der Waals surface area contributed by atoms with Crippen LogP contribution in [0.15, 0.2) is 23.3 Å². The van der Waals surface area contributed by atoms with Gasteiger partial charge in [-0.3, -0.25) is 0 Å². The highest BCUT2D eigenvalue weighted by atomic mass is 14.4. The average molecular weight is 206 g/mol.